The minimum Gasteiger partial charge on any atom is -0.508 e. The molecule has 274 valence electrons. The zero-order valence-electron chi connectivity index (χ0n) is 30.4. The highest BCUT2D eigenvalue weighted by Crippen LogP contribution is 2.65. The number of hydrogen-bond acceptors (Lipinski definition) is 8. The van der Waals surface area contributed by atoms with E-state index in [2.05, 4.69) is 0 Å². The number of phenolic OH excluding ortho intramolecular Hbond substituents is 1. The lowest BCUT2D eigenvalue weighted by Crippen LogP contribution is -2.49. The van der Waals surface area contributed by atoms with E-state index in [4.69, 9.17) is 14.2 Å². The number of aromatic hydroxyl groups is 1. The molecule has 1 saturated carbocycles. The molecule has 2 saturated heterocycles. The van der Waals surface area contributed by atoms with E-state index >= 15 is 0 Å². The van der Waals surface area contributed by atoms with E-state index in [1.807, 2.05) is 54.6 Å². The first-order valence-electron chi connectivity index (χ1n) is 18.0. The molecule has 8 rings (SSSR count). The van der Waals surface area contributed by atoms with Gasteiger partial charge in [0, 0.05) is 17.0 Å². The van der Waals surface area contributed by atoms with Crippen molar-refractivity contribution < 1.29 is 38.5 Å². The van der Waals surface area contributed by atoms with Crippen molar-refractivity contribution in [3.63, 3.8) is 0 Å². The van der Waals surface area contributed by atoms with Crippen LogP contribution in [0.15, 0.2) is 103 Å². The van der Waals surface area contributed by atoms with Gasteiger partial charge in [-0.05, 0) is 85.8 Å². The summed E-state index contributed by atoms with van der Waals surface area (Å²) in [6.07, 6.45) is 6.26. The number of carbonyl (C=O) groups excluding carboxylic acids is 4. The van der Waals surface area contributed by atoms with Gasteiger partial charge in [0.1, 0.15) is 23.0 Å². The maximum absolute atomic E-state index is 14.6. The number of amides is 4. The van der Waals surface area contributed by atoms with Crippen LogP contribution in [0.5, 0.6) is 23.0 Å². The van der Waals surface area contributed by atoms with Crippen molar-refractivity contribution in [2.24, 2.45) is 29.1 Å². The van der Waals surface area contributed by atoms with E-state index in [1.165, 1.54) is 16.9 Å². The second-order valence-electron chi connectivity index (χ2n) is 14.4. The number of methoxy groups -OCH3 is 3. The number of benzene rings is 4. The number of allylic oxidation sites excluding steroid dienone is 2. The predicted octanol–water partition coefficient (Wildman–Crippen LogP) is 7.02. The summed E-state index contributed by atoms with van der Waals surface area (Å²) in [4.78, 5) is 60.3. The number of rotatable bonds is 8. The number of anilines is 2. The summed E-state index contributed by atoms with van der Waals surface area (Å²) in [5.74, 6) is -3.25. The number of imide groups is 2. The van der Waals surface area contributed by atoms with Gasteiger partial charge in [-0.3, -0.25) is 24.1 Å². The van der Waals surface area contributed by atoms with Crippen molar-refractivity contribution in [1.29, 1.82) is 0 Å². The minimum atomic E-state index is -1.31. The van der Waals surface area contributed by atoms with E-state index in [9.17, 15) is 24.3 Å². The van der Waals surface area contributed by atoms with Crippen LogP contribution in [0.25, 0.3) is 12.2 Å². The molecule has 10 heteroatoms. The van der Waals surface area contributed by atoms with Crippen LogP contribution in [-0.2, 0) is 19.2 Å². The molecule has 0 spiro atoms. The number of para-hydroxylation sites is 1. The van der Waals surface area contributed by atoms with Gasteiger partial charge in [-0.25, -0.2) is 4.90 Å². The summed E-state index contributed by atoms with van der Waals surface area (Å²) in [7, 11) is 4.70. The fourth-order valence-corrected chi connectivity index (χ4v) is 9.29. The Kier molecular flexibility index (Phi) is 8.63. The lowest BCUT2D eigenvalue weighted by atomic mass is 9.51. The van der Waals surface area contributed by atoms with Gasteiger partial charge in [0.05, 0.1) is 55.9 Å². The number of nitrogens with zero attached hydrogens (tertiary/aromatic N) is 2. The molecule has 6 unspecified atom stereocenters. The first-order chi connectivity index (χ1) is 26.1. The van der Waals surface area contributed by atoms with E-state index in [0.717, 1.165) is 16.7 Å². The zero-order valence-corrected chi connectivity index (χ0v) is 30.4. The molecule has 0 aromatic heterocycles. The summed E-state index contributed by atoms with van der Waals surface area (Å²) >= 11 is 0. The smallest absolute Gasteiger partial charge is 0.241 e. The van der Waals surface area contributed by atoms with Gasteiger partial charge < -0.3 is 19.3 Å². The van der Waals surface area contributed by atoms with Gasteiger partial charge in [-0.2, -0.15) is 0 Å². The molecule has 6 atom stereocenters. The zero-order chi connectivity index (χ0) is 37.9. The molecule has 4 amide bonds. The first-order valence-corrected chi connectivity index (χ1v) is 18.0. The van der Waals surface area contributed by atoms with Crippen molar-refractivity contribution in [2.45, 2.75) is 25.7 Å². The normalized spacial score (nSPS) is 26.1. The third-order valence-electron chi connectivity index (χ3n) is 11.9. The average molecular weight is 725 g/mol. The molecule has 54 heavy (non-hydrogen) atoms. The quantitative estimate of drug-likeness (QED) is 0.117. The van der Waals surface area contributed by atoms with Crippen molar-refractivity contribution in [2.75, 3.05) is 31.1 Å². The van der Waals surface area contributed by atoms with E-state index in [-0.39, 0.29) is 42.2 Å². The van der Waals surface area contributed by atoms with Gasteiger partial charge in [0.15, 0.2) is 0 Å². The Morgan fingerprint density at radius 3 is 2.15 bits per heavy atom. The van der Waals surface area contributed by atoms with Crippen LogP contribution in [0.4, 0.5) is 11.4 Å². The van der Waals surface area contributed by atoms with Crippen molar-refractivity contribution in [3.8, 4) is 23.0 Å². The molecule has 4 aromatic rings. The van der Waals surface area contributed by atoms with Gasteiger partial charge in [0.2, 0.25) is 23.6 Å². The maximum Gasteiger partial charge on any atom is 0.241 e. The first kappa shape index (κ1) is 34.9. The molecular weight excluding hydrogens is 684 g/mol. The van der Waals surface area contributed by atoms with Gasteiger partial charge in [-0.1, -0.05) is 60.2 Å². The standard InChI is InChI=1S/C44H40N2O8/c1-44-33(41(49)46(43(44)51)27-9-6-5-7-10-27)24-32-30(39(44)38-34(47)11-8-12-36(38)54-4)20-21-31-37(32)42(50)45(40(31)48)28-17-14-25(15-18-28)13-16-26-23-29(52-2)19-22-35(26)53-3/h5-20,22-23,31-33,37,39,47H,21,24H2,1-4H3. The Balaban J connectivity index is 1.15. The van der Waals surface area contributed by atoms with Crippen LogP contribution in [0.1, 0.15) is 42.4 Å². The third kappa shape index (κ3) is 5.22. The highest BCUT2D eigenvalue weighted by atomic mass is 16.5. The van der Waals surface area contributed by atoms with Crippen LogP contribution >= 0.6 is 0 Å². The van der Waals surface area contributed by atoms with E-state index < -0.39 is 35.0 Å². The molecule has 4 aliphatic rings. The van der Waals surface area contributed by atoms with Crippen LogP contribution in [0.2, 0.25) is 0 Å². The second-order valence-corrected chi connectivity index (χ2v) is 14.4. The lowest BCUT2D eigenvalue weighted by molar-refractivity contribution is -0.131. The number of carbonyl (C=O) groups is 4. The SMILES string of the molecule is COc1ccc(OC)c(C=Cc2ccc(N3C(=O)C4CC=C5C(CC6C(=O)N(c7ccccc7)C(=O)C6(C)C5c5c(O)cccc5OC)C4C3=O)cc2)c1. The Morgan fingerprint density at radius 1 is 0.722 bits per heavy atom. The van der Waals surface area contributed by atoms with Crippen LogP contribution in [0, 0.1) is 29.1 Å². The summed E-state index contributed by atoms with van der Waals surface area (Å²) in [6.45, 7) is 1.79. The molecule has 2 aliphatic carbocycles. The molecule has 4 aromatic carbocycles. The number of phenols is 1. The minimum absolute atomic E-state index is 0.0733. The number of fused-ring (bicyclic) bond motifs is 4. The highest BCUT2D eigenvalue weighted by molar-refractivity contribution is 6.25. The Hall–Kier alpha value is -6.16. The topological polar surface area (TPSA) is 123 Å². The molecule has 3 fully saturated rings. The Bertz CT molecular complexity index is 2250. The molecule has 0 bridgehead atoms. The predicted molar refractivity (Wildman–Crippen MR) is 203 cm³/mol. The van der Waals surface area contributed by atoms with Crippen molar-refractivity contribution in [1.82, 2.24) is 0 Å². The molecule has 2 heterocycles. The fraction of sp³-hybridized carbons (Fsp3) is 0.273. The lowest BCUT2D eigenvalue weighted by Gasteiger charge is -2.49. The second kappa shape index (κ2) is 13.4. The summed E-state index contributed by atoms with van der Waals surface area (Å²) < 4.78 is 16.6. The molecule has 2 aliphatic heterocycles. The van der Waals surface area contributed by atoms with Gasteiger partial charge >= 0.3 is 0 Å². The van der Waals surface area contributed by atoms with Crippen molar-refractivity contribution >= 4 is 47.2 Å². The number of ether oxygens (including phenoxy) is 3. The Morgan fingerprint density at radius 2 is 1.44 bits per heavy atom. The maximum atomic E-state index is 14.6. The third-order valence-corrected chi connectivity index (χ3v) is 11.9. The fourth-order valence-electron chi connectivity index (χ4n) is 9.29. The molecule has 10 nitrogen and oxygen atoms in total. The summed E-state index contributed by atoms with van der Waals surface area (Å²) in [6, 6.07) is 26.5. The van der Waals surface area contributed by atoms with Crippen molar-refractivity contribution in [3.05, 3.63) is 119 Å². The summed E-state index contributed by atoms with van der Waals surface area (Å²) in [5, 5.41) is 11.4. The highest BCUT2D eigenvalue weighted by Gasteiger charge is 2.68. The monoisotopic (exact) mass is 724 g/mol. The average Bonchev–Trinajstić information content (AvgIpc) is 3.56. The largest absolute Gasteiger partial charge is 0.508 e. The van der Waals surface area contributed by atoms with E-state index in [0.29, 0.717) is 34.2 Å². The molecule has 1 N–H and O–H groups in total. The van der Waals surface area contributed by atoms with Crippen LogP contribution < -0.4 is 24.0 Å². The van der Waals surface area contributed by atoms with Gasteiger partial charge in [-0.15, -0.1) is 0 Å². The molecule has 0 radical (unpaired) electrons. The van der Waals surface area contributed by atoms with Crippen LogP contribution in [0.3, 0.4) is 0 Å². The van der Waals surface area contributed by atoms with Crippen LogP contribution in [-0.4, -0.2) is 50.1 Å². The van der Waals surface area contributed by atoms with Gasteiger partial charge in [0.25, 0.3) is 0 Å². The number of hydrogen-bond donors (Lipinski definition) is 1. The summed E-state index contributed by atoms with van der Waals surface area (Å²) in [5.41, 5.74) is 2.44. The molecular formula is C44H40N2O8. The van der Waals surface area contributed by atoms with E-state index in [1.54, 1.807) is 75.7 Å². The Labute approximate surface area is 313 Å².